The Morgan fingerprint density at radius 2 is 1.89 bits per heavy atom. The highest BCUT2D eigenvalue weighted by Crippen LogP contribution is 2.31. The number of nitrogens with one attached hydrogen (secondary N) is 1. The van der Waals surface area contributed by atoms with Crippen molar-refractivity contribution < 1.29 is 14.3 Å². The number of fused-ring (bicyclic) bond motifs is 1. The van der Waals surface area contributed by atoms with Gasteiger partial charge in [0.15, 0.2) is 0 Å². The van der Waals surface area contributed by atoms with Crippen LogP contribution in [0.5, 0.6) is 5.75 Å². The molecular formula is C23H34N2O3. The number of ether oxygens (including phenoxy) is 2. The molecule has 0 aliphatic rings. The van der Waals surface area contributed by atoms with Crippen LogP contribution in [0, 0.1) is 0 Å². The Bertz CT molecular complexity index is 763. The zero-order chi connectivity index (χ0) is 20.4. The summed E-state index contributed by atoms with van der Waals surface area (Å²) in [7, 11) is 0. The van der Waals surface area contributed by atoms with E-state index in [1.807, 2.05) is 38.1 Å². The number of amides is 1. The van der Waals surface area contributed by atoms with Crippen molar-refractivity contribution in [3.8, 4) is 5.75 Å². The minimum atomic E-state index is -0.839. The Balaban J connectivity index is 2.24. The SMILES string of the molecule is CCCCC[C@@](C)(OCC)C(=O)Nc1ccc(OCCCC)c2ncccc12. The van der Waals surface area contributed by atoms with E-state index in [0.29, 0.717) is 19.6 Å². The van der Waals surface area contributed by atoms with E-state index in [0.717, 1.165) is 54.4 Å². The fourth-order valence-corrected chi connectivity index (χ4v) is 3.24. The van der Waals surface area contributed by atoms with Gasteiger partial charge >= 0.3 is 0 Å². The molecule has 0 saturated carbocycles. The van der Waals surface area contributed by atoms with Crippen LogP contribution in [0.15, 0.2) is 30.5 Å². The van der Waals surface area contributed by atoms with Crippen molar-refractivity contribution in [1.29, 1.82) is 0 Å². The number of benzene rings is 1. The summed E-state index contributed by atoms with van der Waals surface area (Å²) >= 11 is 0. The van der Waals surface area contributed by atoms with E-state index >= 15 is 0 Å². The Morgan fingerprint density at radius 1 is 1.11 bits per heavy atom. The van der Waals surface area contributed by atoms with E-state index in [-0.39, 0.29) is 5.91 Å². The van der Waals surface area contributed by atoms with Crippen LogP contribution in [0.4, 0.5) is 5.69 Å². The molecule has 1 aromatic carbocycles. The third kappa shape index (κ3) is 5.68. The Labute approximate surface area is 168 Å². The molecule has 1 amide bonds. The Morgan fingerprint density at radius 3 is 2.61 bits per heavy atom. The van der Waals surface area contributed by atoms with Gasteiger partial charge in [0.25, 0.3) is 5.91 Å². The molecule has 0 aliphatic carbocycles. The van der Waals surface area contributed by atoms with Gasteiger partial charge in [-0.15, -0.1) is 0 Å². The summed E-state index contributed by atoms with van der Waals surface area (Å²) in [4.78, 5) is 17.5. The van der Waals surface area contributed by atoms with Crippen molar-refractivity contribution >= 4 is 22.5 Å². The van der Waals surface area contributed by atoms with Gasteiger partial charge in [0.05, 0.1) is 12.3 Å². The van der Waals surface area contributed by atoms with Crippen LogP contribution >= 0.6 is 0 Å². The monoisotopic (exact) mass is 386 g/mol. The predicted molar refractivity (Wildman–Crippen MR) is 115 cm³/mol. The molecule has 2 rings (SSSR count). The van der Waals surface area contributed by atoms with E-state index in [9.17, 15) is 4.79 Å². The highest BCUT2D eigenvalue weighted by atomic mass is 16.5. The first kappa shape index (κ1) is 22.2. The number of hydrogen-bond donors (Lipinski definition) is 1. The zero-order valence-electron chi connectivity index (χ0n) is 17.7. The standard InChI is InChI=1S/C23H34N2O3/c1-5-8-10-15-23(4,28-7-3)22(26)25-19-13-14-20(27-17-9-6-2)21-18(19)12-11-16-24-21/h11-14,16H,5-10,15,17H2,1-4H3,(H,25,26)/t23-/m1/s1. The summed E-state index contributed by atoms with van der Waals surface area (Å²) in [5.41, 5.74) is 0.659. The Hall–Kier alpha value is -2.14. The molecule has 0 bridgehead atoms. The molecule has 5 nitrogen and oxygen atoms in total. The van der Waals surface area contributed by atoms with Crippen molar-refractivity contribution in [1.82, 2.24) is 4.98 Å². The number of aromatic nitrogens is 1. The number of carbonyl (C=O) groups is 1. The van der Waals surface area contributed by atoms with Gasteiger partial charge in [0, 0.05) is 18.2 Å². The van der Waals surface area contributed by atoms with Crippen LogP contribution in [-0.2, 0) is 9.53 Å². The second-order valence-corrected chi connectivity index (χ2v) is 7.29. The van der Waals surface area contributed by atoms with E-state index < -0.39 is 5.60 Å². The number of pyridine rings is 1. The molecule has 2 aromatic rings. The number of anilines is 1. The molecule has 5 heteroatoms. The van der Waals surface area contributed by atoms with Gasteiger partial charge in [-0.1, -0.05) is 39.5 Å². The van der Waals surface area contributed by atoms with Crippen molar-refractivity contribution in [3.05, 3.63) is 30.5 Å². The van der Waals surface area contributed by atoms with Crippen molar-refractivity contribution in [2.24, 2.45) is 0 Å². The minimum absolute atomic E-state index is 0.116. The van der Waals surface area contributed by atoms with Crippen LogP contribution in [0.25, 0.3) is 10.9 Å². The number of hydrogen-bond acceptors (Lipinski definition) is 4. The molecule has 154 valence electrons. The topological polar surface area (TPSA) is 60.5 Å². The lowest BCUT2D eigenvalue weighted by Gasteiger charge is -2.28. The maximum Gasteiger partial charge on any atom is 0.256 e. The van der Waals surface area contributed by atoms with Gasteiger partial charge < -0.3 is 14.8 Å². The van der Waals surface area contributed by atoms with Gasteiger partial charge in [-0.05, 0) is 51.0 Å². The smallest absolute Gasteiger partial charge is 0.256 e. The van der Waals surface area contributed by atoms with E-state index in [1.54, 1.807) is 6.20 Å². The Kier molecular flexibility index (Phi) is 8.71. The van der Waals surface area contributed by atoms with Crippen molar-refractivity contribution in [2.45, 2.75) is 71.8 Å². The predicted octanol–water partition coefficient (Wildman–Crippen LogP) is 5.73. The van der Waals surface area contributed by atoms with Crippen LogP contribution in [0.2, 0.25) is 0 Å². The van der Waals surface area contributed by atoms with E-state index in [2.05, 4.69) is 24.1 Å². The molecule has 1 heterocycles. The van der Waals surface area contributed by atoms with Crippen molar-refractivity contribution in [2.75, 3.05) is 18.5 Å². The second-order valence-electron chi connectivity index (χ2n) is 7.29. The van der Waals surface area contributed by atoms with Crippen LogP contribution in [0.1, 0.15) is 66.2 Å². The van der Waals surface area contributed by atoms with Gasteiger partial charge in [0.1, 0.15) is 16.9 Å². The summed E-state index contributed by atoms with van der Waals surface area (Å²) in [6.45, 7) is 9.25. The van der Waals surface area contributed by atoms with E-state index in [1.165, 1.54) is 0 Å². The lowest BCUT2D eigenvalue weighted by Crippen LogP contribution is -2.42. The quantitative estimate of drug-likeness (QED) is 0.473. The lowest BCUT2D eigenvalue weighted by atomic mass is 9.96. The van der Waals surface area contributed by atoms with Gasteiger partial charge in [-0.3, -0.25) is 9.78 Å². The lowest BCUT2D eigenvalue weighted by molar-refractivity contribution is -0.139. The largest absolute Gasteiger partial charge is 0.491 e. The third-order valence-electron chi connectivity index (χ3n) is 4.94. The first-order valence-corrected chi connectivity index (χ1v) is 10.5. The van der Waals surface area contributed by atoms with Crippen LogP contribution in [-0.4, -0.2) is 29.7 Å². The molecule has 1 aromatic heterocycles. The first-order chi connectivity index (χ1) is 13.6. The molecule has 1 atom stereocenters. The average Bonchev–Trinajstić information content (AvgIpc) is 2.70. The molecule has 0 fully saturated rings. The molecule has 28 heavy (non-hydrogen) atoms. The molecule has 0 radical (unpaired) electrons. The fraction of sp³-hybridized carbons (Fsp3) is 0.565. The van der Waals surface area contributed by atoms with Crippen LogP contribution in [0.3, 0.4) is 0 Å². The van der Waals surface area contributed by atoms with Gasteiger partial charge in [-0.2, -0.15) is 0 Å². The number of nitrogens with zero attached hydrogens (tertiary/aromatic N) is 1. The highest BCUT2D eigenvalue weighted by molar-refractivity contribution is 6.05. The summed E-state index contributed by atoms with van der Waals surface area (Å²) in [5, 5.41) is 3.94. The third-order valence-corrected chi connectivity index (χ3v) is 4.94. The second kappa shape index (κ2) is 11.0. The summed E-state index contributed by atoms with van der Waals surface area (Å²) in [6.07, 6.45) is 7.69. The molecule has 0 aliphatic heterocycles. The van der Waals surface area contributed by atoms with E-state index in [4.69, 9.17) is 9.47 Å². The number of unbranched alkanes of at least 4 members (excludes halogenated alkanes) is 3. The molecular weight excluding hydrogens is 352 g/mol. The number of carbonyl (C=O) groups excluding carboxylic acids is 1. The summed E-state index contributed by atoms with van der Waals surface area (Å²) in [6, 6.07) is 7.60. The molecule has 0 unspecified atom stereocenters. The van der Waals surface area contributed by atoms with Gasteiger partial charge in [-0.25, -0.2) is 0 Å². The maximum atomic E-state index is 13.1. The minimum Gasteiger partial charge on any atom is -0.491 e. The average molecular weight is 387 g/mol. The first-order valence-electron chi connectivity index (χ1n) is 10.5. The molecule has 0 spiro atoms. The van der Waals surface area contributed by atoms with Gasteiger partial charge in [0.2, 0.25) is 0 Å². The fourth-order valence-electron chi connectivity index (χ4n) is 3.24. The summed E-state index contributed by atoms with van der Waals surface area (Å²) in [5.74, 6) is 0.632. The molecule has 0 saturated heterocycles. The zero-order valence-corrected chi connectivity index (χ0v) is 17.7. The highest BCUT2D eigenvalue weighted by Gasteiger charge is 2.33. The van der Waals surface area contributed by atoms with Crippen LogP contribution < -0.4 is 10.1 Å². The number of rotatable bonds is 12. The summed E-state index contributed by atoms with van der Waals surface area (Å²) < 4.78 is 11.8. The normalized spacial score (nSPS) is 13.3. The van der Waals surface area contributed by atoms with Crippen molar-refractivity contribution in [3.63, 3.8) is 0 Å². The molecule has 1 N–H and O–H groups in total. The maximum absolute atomic E-state index is 13.1.